The quantitative estimate of drug-likeness (QED) is 0.545. The number of hydrogen-bond acceptors (Lipinski definition) is 7. The van der Waals surface area contributed by atoms with E-state index in [4.69, 9.17) is 9.72 Å². The highest BCUT2D eigenvalue weighted by Gasteiger charge is 2.38. The smallest absolute Gasteiger partial charge is 0.305 e. The van der Waals surface area contributed by atoms with Gasteiger partial charge in [-0.05, 0) is 62.3 Å². The molecule has 180 valence electrons. The molecule has 1 fully saturated rings. The number of pyridine rings is 2. The normalized spacial score (nSPS) is 19.9. The van der Waals surface area contributed by atoms with Crippen molar-refractivity contribution < 1.29 is 19.4 Å². The standard InChI is InChI=1S/C25H31N5O4/c31-22(32)15-20(19-8-9-21-24(29-19)27-12-14-34-21)30-13-10-17(25(30)33)3-1-5-18-7-6-16-4-2-11-26-23(16)28-18/h6-9,17,20H,1-5,10-15H2,(H,26,28)(H,27,29)(H,31,32). The van der Waals surface area contributed by atoms with E-state index in [9.17, 15) is 14.7 Å². The summed E-state index contributed by atoms with van der Waals surface area (Å²) in [6, 6.07) is 7.25. The number of rotatable bonds is 8. The van der Waals surface area contributed by atoms with E-state index in [0.717, 1.165) is 56.6 Å². The van der Waals surface area contributed by atoms with Gasteiger partial charge in [-0.2, -0.15) is 0 Å². The summed E-state index contributed by atoms with van der Waals surface area (Å²) < 4.78 is 5.58. The van der Waals surface area contributed by atoms with Crippen molar-refractivity contribution in [2.24, 2.45) is 5.92 Å². The van der Waals surface area contributed by atoms with Gasteiger partial charge in [0, 0.05) is 24.7 Å². The molecule has 34 heavy (non-hydrogen) atoms. The summed E-state index contributed by atoms with van der Waals surface area (Å²) >= 11 is 0. The van der Waals surface area contributed by atoms with E-state index in [2.05, 4.69) is 27.8 Å². The Kier molecular flexibility index (Phi) is 6.51. The third-order valence-electron chi connectivity index (χ3n) is 6.91. The number of nitrogens with one attached hydrogen (secondary N) is 2. The van der Waals surface area contributed by atoms with Crippen LogP contribution in [0.2, 0.25) is 0 Å². The van der Waals surface area contributed by atoms with Crippen LogP contribution in [0.4, 0.5) is 11.6 Å². The number of aliphatic carboxylic acids is 1. The molecule has 9 heteroatoms. The first-order valence-corrected chi connectivity index (χ1v) is 12.2. The third kappa shape index (κ3) is 4.78. The number of nitrogens with zero attached hydrogens (tertiary/aromatic N) is 3. The number of fused-ring (bicyclic) bond motifs is 2. The van der Waals surface area contributed by atoms with Crippen molar-refractivity contribution in [2.45, 2.75) is 51.0 Å². The lowest BCUT2D eigenvalue weighted by Gasteiger charge is -2.28. The van der Waals surface area contributed by atoms with Crippen LogP contribution < -0.4 is 15.4 Å². The van der Waals surface area contributed by atoms with Gasteiger partial charge in [0.1, 0.15) is 12.4 Å². The van der Waals surface area contributed by atoms with Crippen LogP contribution in [-0.2, 0) is 22.4 Å². The minimum absolute atomic E-state index is 0.0232. The molecule has 0 bridgehead atoms. The number of carbonyl (C=O) groups excluding carboxylic acids is 1. The number of ether oxygens (including phenoxy) is 1. The van der Waals surface area contributed by atoms with Crippen LogP contribution in [0, 0.1) is 5.92 Å². The monoisotopic (exact) mass is 465 g/mol. The Labute approximate surface area is 198 Å². The maximum atomic E-state index is 13.3. The molecule has 2 aromatic heterocycles. The van der Waals surface area contributed by atoms with Gasteiger partial charge in [-0.1, -0.05) is 6.07 Å². The maximum absolute atomic E-state index is 13.3. The number of aromatic nitrogens is 2. The number of anilines is 2. The number of likely N-dealkylation sites (tertiary alicyclic amines) is 1. The summed E-state index contributed by atoms with van der Waals surface area (Å²) in [7, 11) is 0. The van der Waals surface area contributed by atoms with E-state index < -0.39 is 12.0 Å². The average molecular weight is 466 g/mol. The van der Waals surface area contributed by atoms with Gasteiger partial charge in [0.05, 0.1) is 24.7 Å². The zero-order valence-corrected chi connectivity index (χ0v) is 19.3. The van der Waals surface area contributed by atoms with Crippen LogP contribution in [0.3, 0.4) is 0 Å². The lowest BCUT2D eigenvalue weighted by molar-refractivity contribution is -0.140. The summed E-state index contributed by atoms with van der Waals surface area (Å²) in [5.41, 5.74) is 2.91. The van der Waals surface area contributed by atoms with Crippen molar-refractivity contribution in [2.75, 3.05) is 36.9 Å². The summed E-state index contributed by atoms with van der Waals surface area (Å²) in [6.07, 6.45) is 5.25. The third-order valence-corrected chi connectivity index (χ3v) is 6.91. The molecule has 0 radical (unpaired) electrons. The molecular weight excluding hydrogens is 434 g/mol. The molecule has 1 saturated heterocycles. The van der Waals surface area contributed by atoms with E-state index in [-0.39, 0.29) is 18.2 Å². The van der Waals surface area contributed by atoms with Crippen LogP contribution in [0.1, 0.15) is 55.1 Å². The van der Waals surface area contributed by atoms with Gasteiger partial charge in [0.15, 0.2) is 11.6 Å². The largest absolute Gasteiger partial charge is 0.488 e. The predicted molar refractivity (Wildman–Crippen MR) is 127 cm³/mol. The van der Waals surface area contributed by atoms with Crippen molar-refractivity contribution >= 4 is 23.5 Å². The Morgan fingerprint density at radius 2 is 2.06 bits per heavy atom. The Morgan fingerprint density at radius 1 is 1.18 bits per heavy atom. The Bertz CT molecular complexity index is 1080. The fourth-order valence-electron chi connectivity index (χ4n) is 5.14. The highest BCUT2D eigenvalue weighted by molar-refractivity contribution is 5.82. The number of carbonyl (C=O) groups is 2. The van der Waals surface area contributed by atoms with Gasteiger partial charge >= 0.3 is 5.97 Å². The van der Waals surface area contributed by atoms with Crippen molar-refractivity contribution in [3.05, 3.63) is 41.2 Å². The summed E-state index contributed by atoms with van der Waals surface area (Å²) in [5.74, 6) is 1.24. The van der Waals surface area contributed by atoms with Crippen LogP contribution in [-0.4, -0.2) is 58.1 Å². The molecule has 5 heterocycles. The molecule has 5 rings (SSSR count). The lowest BCUT2D eigenvalue weighted by atomic mass is 9.99. The Morgan fingerprint density at radius 3 is 2.94 bits per heavy atom. The topological polar surface area (TPSA) is 117 Å². The molecule has 0 aliphatic carbocycles. The van der Waals surface area contributed by atoms with Crippen molar-refractivity contribution in [3.8, 4) is 5.75 Å². The summed E-state index contributed by atoms with van der Waals surface area (Å²) in [6.45, 7) is 2.73. The van der Waals surface area contributed by atoms with Gasteiger partial charge in [0.2, 0.25) is 5.91 Å². The number of amides is 1. The van der Waals surface area contributed by atoms with Crippen molar-refractivity contribution in [1.82, 2.24) is 14.9 Å². The number of hydrogen-bond donors (Lipinski definition) is 3. The highest BCUT2D eigenvalue weighted by atomic mass is 16.5. The first kappa shape index (κ1) is 22.4. The van der Waals surface area contributed by atoms with Crippen molar-refractivity contribution in [3.63, 3.8) is 0 Å². The molecule has 0 aromatic carbocycles. The van der Waals surface area contributed by atoms with E-state index in [1.165, 1.54) is 5.56 Å². The Balaban J connectivity index is 1.22. The second-order valence-corrected chi connectivity index (χ2v) is 9.22. The second kappa shape index (κ2) is 9.87. The minimum Gasteiger partial charge on any atom is -0.488 e. The average Bonchev–Trinajstić information content (AvgIpc) is 3.22. The molecule has 0 spiro atoms. The van der Waals surface area contributed by atoms with Gasteiger partial charge in [-0.3, -0.25) is 9.59 Å². The zero-order chi connectivity index (χ0) is 23.5. The van der Waals surface area contributed by atoms with Crippen LogP contribution >= 0.6 is 0 Å². The number of carboxylic acids is 1. The van der Waals surface area contributed by atoms with Crippen molar-refractivity contribution in [1.29, 1.82) is 0 Å². The molecule has 3 aliphatic rings. The fraction of sp³-hybridized carbons (Fsp3) is 0.520. The Hall–Kier alpha value is -3.36. The van der Waals surface area contributed by atoms with E-state index in [1.807, 2.05) is 0 Å². The fourth-order valence-corrected chi connectivity index (χ4v) is 5.14. The molecule has 0 saturated carbocycles. The lowest BCUT2D eigenvalue weighted by Crippen LogP contribution is -2.34. The van der Waals surface area contributed by atoms with Crippen LogP contribution in [0.5, 0.6) is 5.75 Å². The molecule has 2 atom stereocenters. The minimum atomic E-state index is -0.947. The molecule has 9 nitrogen and oxygen atoms in total. The van der Waals surface area contributed by atoms with Gasteiger partial charge in [-0.15, -0.1) is 0 Å². The van der Waals surface area contributed by atoms with Crippen LogP contribution in [0.15, 0.2) is 24.3 Å². The summed E-state index contributed by atoms with van der Waals surface area (Å²) in [4.78, 5) is 36.0. The highest BCUT2D eigenvalue weighted by Crippen LogP contribution is 2.35. The number of carboxylic acid groups (broad SMARTS) is 1. The molecule has 1 amide bonds. The zero-order valence-electron chi connectivity index (χ0n) is 19.3. The summed E-state index contributed by atoms with van der Waals surface area (Å²) in [5, 5.41) is 16.1. The van der Waals surface area contributed by atoms with E-state index in [1.54, 1.807) is 17.0 Å². The molecule has 2 aromatic rings. The molecule has 2 unspecified atom stereocenters. The molecule has 3 N–H and O–H groups in total. The maximum Gasteiger partial charge on any atom is 0.305 e. The van der Waals surface area contributed by atoms with Gasteiger partial charge in [0.25, 0.3) is 0 Å². The number of aryl methyl sites for hydroxylation is 2. The molecular formula is C25H31N5O4. The SMILES string of the molecule is O=C(O)CC(c1ccc2c(n1)NCCO2)N1CCC(CCCc2ccc3c(n2)NCCC3)C1=O. The van der Waals surface area contributed by atoms with E-state index in [0.29, 0.717) is 37.0 Å². The molecule has 3 aliphatic heterocycles. The van der Waals surface area contributed by atoms with Gasteiger partial charge < -0.3 is 25.4 Å². The first-order chi connectivity index (χ1) is 16.6. The van der Waals surface area contributed by atoms with Crippen LogP contribution in [0.25, 0.3) is 0 Å². The second-order valence-electron chi connectivity index (χ2n) is 9.22. The first-order valence-electron chi connectivity index (χ1n) is 12.2. The van der Waals surface area contributed by atoms with E-state index >= 15 is 0 Å². The predicted octanol–water partition coefficient (Wildman–Crippen LogP) is 3.03. The van der Waals surface area contributed by atoms with Gasteiger partial charge in [-0.25, -0.2) is 9.97 Å².